The Bertz CT molecular complexity index is 1520. The van der Waals surface area contributed by atoms with E-state index in [1.165, 1.54) is 24.4 Å². The molecule has 2 aromatic carbocycles. The topological polar surface area (TPSA) is 70.5 Å². The fourth-order valence-electron chi connectivity index (χ4n) is 8.37. The molecule has 2 bridgehead atoms. The van der Waals surface area contributed by atoms with Gasteiger partial charge in [-0.2, -0.15) is 0 Å². The van der Waals surface area contributed by atoms with Crippen LogP contribution in [0.1, 0.15) is 76.2 Å². The molecule has 6 rings (SSSR count). The van der Waals surface area contributed by atoms with Crippen molar-refractivity contribution in [2.75, 3.05) is 19.6 Å². The lowest BCUT2D eigenvalue weighted by molar-refractivity contribution is -0.138. The van der Waals surface area contributed by atoms with Crippen LogP contribution in [-0.4, -0.2) is 73.8 Å². The summed E-state index contributed by atoms with van der Waals surface area (Å²) >= 11 is 11.5. The van der Waals surface area contributed by atoms with Crippen molar-refractivity contribution in [2.24, 2.45) is 5.92 Å². The van der Waals surface area contributed by atoms with Gasteiger partial charge in [0.2, 0.25) is 5.91 Å². The number of hydrogen-bond donors (Lipinski definition) is 1. The van der Waals surface area contributed by atoms with Gasteiger partial charge in [0.05, 0.1) is 11.0 Å². The van der Waals surface area contributed by atoms with Gasteiger partial charge >= 0.3 is 0 Å². The van der Waals surface area contributed by atoms with Crippen LogP contribution in [0.25, 0.3) is 11.0 Å². The Morgan fingerprint density at radius 3 is 2.36 bits per heavy atom. The summed E-state index contributed by atoms with van der Waals surface area (Å²) in [6.07, 6.45) is 7.02. The van der Waals surface area contributed by atoms with E-state index in [-0.39, 0.29) is 23.1 Å². The van der Waals surface area contributed by atoms with Gasteiger partial charge < -0.3 is 14.8 Å². The van der Waals surface area contributed by atoms with Gasteiger partial charge in [0, 0.05) is 31.2 Å². The zero-order valence-corrected chi connectivity index (χ0v) is 27.9. The molecule has 45 heavy (non-hydrogen) atoms. The van der Waals surface area contributed by atoms with Crippen LogP contribution in [0.2, 0.25) is 0 Å². The van der Waals surface area contributed by atoms with Crippen LogP contribution in [-0.2, 0) is 15.0 Å². The molecule has 242 valence electrons. The summed E-state index contributed by atoms with van der Waals surface area (Å²) < 4.78 is 17.0. The molecule has 0 saturated carbocycles. The number of hydrogen-bond acceptors (Lipinski definition) is 4. The number of rotatable bonds is 9. The number of amides is 2. The van der Waals surface area contributed by atoms with Crippen molar-refractivity contribution in [3.05, 3.63) is 65.7 Å². The molecule has 10 heteroatoms. The number of alkyl halides is 2. The van der Waals surface area contributed by atoms with E-state index in [1.807, 2.05) is 24.8 Å². The Kier molecular flexibility index (Phi) is 9.47. The number of halogens is 3. The van der Waals surface area contributed by atoms with Crippen molar-refractivity contribution in [2.45, 2.75) is 100 Å². The number of imidazole rings is 1. The number of carbonyl (C=O) groups excluding carboxylic acids is 2. The van der Waals surface area contributed by atoms with E-state index in [1.54, 1.807) is 12.1 Å². The fourth-order valence-corrected chi connectivity index (χ4v) is 8.50. The Hall–Kier alpha value is -2.68. The first-order valence-electron chi connectivity index (χ1n) is 16.4. The smallest absolute Gasteiger partial charge is 0.253 e. The quantitative estimate of drug-likeness (QED) is 0.266. The average molecular weight is 657 g/mol. The molecule has 7 nitrogen and oxygen atoms in total. The number of likely N-dealkylation sites (tertiary alicyclic amines) is 1. The highest BCUT2D eigenvalue weighted by molar-refractivity contribution is 6.53. The van der Waals surface area contributed by atoms with Gasteiger partial charge in [-0.3, -0.25) is 14.5 Å². The number of benzene rings is 2. The molecule has 0 spiro atoms. The molecule has 0 aliphatic carbocycles. The lowest BCUT2D eigenvalue weighted by Crippen LogP contribution is -2.55. The van der Waals surface area contributed by atoms with Crippen LogP contribution >= 0.6 is 23.2 Å². The summed E-state index contributed by atoms with van der Waals surface area (Å²) in [5.41, 5.74) is 3.07. The minimum atomic E-state index is -1.23. The number of aromatic nitrogens is 2. The number of aryl methyl sites for hydroxylation is 1. The summed E-state index contributed by atoms with van der Waals surface area (Å²) in [7, 11) is 0. The van der Waals surface area contributed by atoms with E-state index in [9.17, 15) is 14.0 Å². The molecule has 3 aromatic rings. The summed E-state index contributed by atoms with van der Waals surface area (Å²) in [4.78, 5) is 34.0. The number of fused-ring (bicyclic) bond motifs is 3. The third-order valence-electron chi connectivity index (χ3n) is 10.7. The fraction of sp³-hybridized carbons (Fsp3) is 0.571. The van der Waals surface area contributed by atoms with E-state index in [0.717, 1.165) is 55.6 Å². The highest BCUT2D eigenvalue weighted by Gasteiger charge is 2.45. The van der Waals surface area contributed by atoms with Crippen LogP contribution in [0.4, 0.5) is 4.39 Å². The Balaban J connectivity index is 1.16. The zero-order chi connectivity index (χ0) is 31.9. The van der Waals surface area contributed by atoms with E-state index in [4.69, 9.17) is 28.2 Å². The molecular formula is C35H44Cl2FN5O2. The van der Waals surface area contributed by atoms with Gasteiger partial charge in [-0.15, -0.1) is 0 Å². The molecule has 1 unspecified atom stereocenters. The van der Waals surface area contributed by atoms with Gasteiger partial charge in [0.15, 0.2) is 4.84 Å². The minimum Gasteiger partial charge on any atom is -0.342 e. The number of carbonyl (C=O) groups is 2. The van der Waals surface area contributed by atoms with Crippen LogP contribution in [0, 0.1) is 18.7 Å². The van der Waals surface area contributed by atoms with Crippen LogP contribution < -0.4 is 5.32 Å². The summed E-state index contributed by atoms with van der Waals surface area (Å²) in [5.74, 6) is 0.0538. The van der Waals surface area contributed by atoms with Crippen molar-refractivity contribution in [3.8, 4) is 0 Å². The standard InChI is InChI=1S/C35H44Cl2FN5O2/c1-22(2)31(40-33(44)32(36)37)34(45)41-16-13-35(14-17-41,24-7-6-8-25(38)19-24)15-18-42-26-11-12-27(42)21-28(20-26)43-23(3)39-29-9-4-5-10-30(29)43/h4-10,19,22,26-28,31-32H,11-18,20-21H2,1-3H3,(H,40,44)/t26-,27+,28?,31-/m0/s1. The van der Waals surface area contributed by atoms with Crippen molar-refractivity contribution < 1.29 is 14.0 Å². The van der Waals surface area contributed by atoms with Crippen molar-refractivity contribution in [1.82, 2.24) is 24.7 Å². The Morgan fingerprint density at radius 1 is 1.02 bits per heavy atom. The monoisotopic (exact) mass is 655 g/mol. The number of para-hydroxylation sites is 2. The maximum Gasteiger partial charge on any atom is 0.253 e. The molecule has 4 atom stereocenters. The maximum atomic E-state index is 14.6. The predicted molar refractivity (Wildman–Crippen MR) is 177 cm³/mol. The van der Waals surface area contributed by atoms with Crippen molar-refractivity contribution >= 4 is 46.0 Å². The lowest BCUT2D eigenvalue weighted by Gasteiger charge is -2.46. The highest BCUT2D eigenvalue weighted by Crippen LogP contribution is 2.45. The Morgan fingerprint density at radius 2 is 1.71 bits per heavy atom. The first-order chi connectivity index (χ1) is 21.6. The molecule has 0 radical (unpaired) electrons. The molecule has 1 aromatic heterocycles. The Labute approximate surface area is 275 Å². The first-order valence-corrected chi connectivity index (χ1v) is 17.3. The largest absolute Gasteiger partial charge is 0.342 e. The van der Waals surface area contributed by atoms with Crippen LogP contribution in [0.5, 0.6) is 0 Å². The van der Waals surface area contributed by atoms with Gasteiger partial charge in [0.1, 0.15) is 17.7 Å². The number of piperidine rings is 2. The molecule has 1 N–H and O–H groups in total. The number of nitrogens with one attached hydrogen (secondary N) is 1. The molecule has 3 saturated heterocycles. The second-order valence-electron chi connectivity index (χ2n) is 13.7. The third kappa shape index (κ3) is 6.48. The lowest BCUT2D eigenvalue weighted by atomic mass is 9.70. The number of nitrogens with zero attached hydrogens (tertiary/aromatic N) is 4. The van der Waals surface area contributed by atoms with E-state index < -0.39 is 16.8 Å². The van der Waals surface area contributed by atoms with Crippen molar-refractivity contribution in [3.63, 3.8) is 0 Å². The zero-order valence-electron chi connectivity index (χ0n) is 26.4. The molecular weight excluding hydrogens is 612 g/mol. The minimum absolute atomic E-state index is 0.120. The molecule has 3 aliphatic rings. The van der Waals surface area contributed by atoms with Gasteiger partial charge in [0.25, 0.3) is 5.91 Å². The van der Waals surface area contributed by atoms with E-state index in [0.29, 0.717) is 31.2 Å². The maximum absolute atomic E-state index is 14.6. The molecule has 3 fully saturated rings. The predicted octanol–water partition coefficient (Wildman–Crippen LogP) is 6.55. The van der Waals surface area contributed by atoms with Crippen LogP contribution in [0.15, 0.2) is 48.5 Å². The molecule has 3 aliphatic heterocycles. The summed E-state index contributed by atoms with van der Waals surface area (Å²) in [5, 5.41) is 2.73. The van der Waals surface area contributed by atoms with Crippen molar-refractivity contribution in [1.29, 1.82) is 0 Å². The summed E-state index contributed by atoms with van der Waals surface area (Å²) in [6, 6.07) is 16.3. The summed E-state index contributed by atoms with van der Waals surface area (Å²) in [6.45, 7) is 7.96. The third-order valence-corrected chi connectivity index (χ3v) is 11.1. The molecule has 2 amide bonds. The van der Waals surface area contributed by atoms with Crippen LogP contribution in [0.3, 0.4) is 0 Å². The van der Waals surface area contributed by atoms with Gasteiger partial charge in [-0.25, -0.2) is 9.37 Å². The second-order valence-corrected chi connectivity index (χ2v) is 14.8. The first kappa shape index (κ1) is 32.3. The highest BCUT2D eigenvalue weighted by atomic mass is 35.5. The molecule has 4 heterocycles. The second kappa shape index (κ2) is 13.2. The van der Waals surface area contributed by atoms with Gasteiger partial charge in [-0.1, -0.05) is 61.3 Å². The van der Waals surface area contributed by atoms with E-state index >= 15 is 0 Å². The average Bonchev–Trinajstić information content (AvgIpc) is 3.48. The van der Waals surface area contributed by atoms with E-state index in [2.05, 4.69) is 46.0 Å². The van der Waals surface area contributed by atoms with Gasteiger partial charge in [-0.05, 0) is 99.6 Å². The normalized spacial score (nSPS) is 24.0. The SMILES string of the molecule is Cc1nc2ccccc2n1C1C[C@H]2CC[C@@H](C1)N2CCC1(c2cccc(F)c2)CCN(C(=O)[C@@H](NC(=O)C(Cl)Cl)C(C)C)CC1.